The van der Waals surface area contributed by atoms with Gasteiger partial charge in [0, 0.05) is 13.1 Å². The van der Waals surface area contributed by atoms with Crippen molar-refractivity contribution in [1.29, 1.82) is 0 Å². The van der Waals surface area contributed by atoms with E-state index in [0.29, 0.717) is 31.5 Å². The van der Waals surface area contributed by atoms with Crippen LogP contribution in [0.3, 0.4) is 0 Å². The second kappa shape index (κ2) is 6.95. The van der Waals surface area contributed by atoms with Crippen LogP contribution in [-0.4, -0.2) is 48.6 Å². The van der Waals surface area contributed by atoms with Crippen molar-refractivity contribution in [3.63, 3.8) is 0 Å². The van der Waals surface area contributed by atoms with Crippen molar-refractivity contribution in [1.82, 2.24) is 10.2 Å². The molecule has 0 saturated carbocycles. The fourth-order valence-electron chi connectivity index (χ4n) is 1.72. The van der Waals surface area contributed by atoms with Crippen LogP contribution in [0.2, 0.25) is 0 Å². The number of amidine groups is 1. The Bertz CT molecular complexity index is 359. The van der Waals surface area contributed by atoms with E-state index >= 15 is 0 Å². The van der Waals surface area contributed by atoms with Gasteiger partial charge in [-0.25, -0.2) is 4.79 Å². The zero-order valence-corrected chi connectivity index (χ0v) is 13.7. The molecule has 1 aliphatic heterocycles. The summed E-state index contributed by atoms with van der Waals surface area (Å²) >= 11 is 0. The van der Waals surface area contributed by atoms with Gasteiger partial charge in [0.1, 0.15) is 11.4 Å². The summed E-state index contributed by atoms with van der Waals surface area (Å²) in [7, 11) is 0. The molecule has 0 aromatic rings. The first-order valence-corrected chi connectivity index (χ1v) is 7.44. The predicted molar refractivity (Wildman–Crippen MR) is 82.1 cm³/mol. The number of hydrogen-bond donors (Lipinski definition) is 1. The standard InChI is InChI=1S/C15H29N3O2/c1-11(2)12(3)9-17-13-10-18(8-7-16-13)14(19)20-15(4,5)6/h11-12H,7-10H2,1-6H3,(H,16,17). The number of ether oxygens (including phenoxy) is 1. The molecule has 1 N–H and O–H groups in total. The van der Waals surface area contributed by atoms with Gasteiger partial charge in [0.05, 0.1) is 13.1 Å². The lowest BCUT2D eigenvalue weighted by molar-refractivity contribution is 0.0276. The topological polar surface area (TPSA) is 53.9 Å². The number of aliphatic imine (C=N–C) groups is 1. The summed E-state index contributed by atoms with van der Waals surface area (Å²) in [5, 5.41) is 3.35. The first kappa shape index (κ1) is 16.8. The third-order valence-corrected chi connectivity index (χ3v) is 3.43. The van der Waals surface area contributed by atoms with Crippen LogP contribution in [0.4, 0.5) is 4.79 Å². The molecule has 0 aliphatic carbocycles. The van der Waals surface area contributed by atoms with E-state index in [1.807, 2.05) is 20.8 Å². The molecule has 0 aromatic carbocycles. The molecule has 0 spiro atoms. The molecule has 1 amide bonds. The van der Waals surface area contributed by atoms with Gasteiger partial charge in [-0.05, 0) is 32.6 Å². The summed E-state index contributed by atoms with van der Waals surface area (Å²) in [4.78, 5) is 18.2. The van der Waals surface area contributed by atoms with Crippen molar-refractivity contribution in [2.45, 2.75) is 47.1 Å². The van der Waals surface area contributed by atoms with Gasteiger partial charge < -0.3 is 10.1 Å². The van der Waals surface area contributed by atoms with E-state index in [2.05, 4.69) is 31.1 Å². The van der Waals surface area contributed by atoms with Gasteiger partial charge in [-0.2, -0.15) is 0 Å². The number of carbonyl (C=O) groups is 1. The molecule has 1 rings (SSSR count). The Hall–Kier alpha value is -1.26. The molecule has 5 nitrogen and oxygen atoms in total. The van der Waals surface area contributed by atoms with Crippen LogP contribution in [0.15, 0.2) is 4.99 Å². The van der Waals surface area contributed by atoms with Crippen molar-refractivity contribution in [2.75, 3.05) is 26.2 Å². The largest absolute Gasteiger partial charge is 0.444 e. The van der Waals surface area contributed by atoms with Gasteiger partial charge in [-0.3, -0.25) is 9.89 Å². The summed E-state index contributed by atoms with van der Waals surface area (Å²) in [5.41, 5.74) is -0.453. The van der Waals surface area contributed by atoms with E-state index in [1.54, 1.807) is 4.90 Å². The molecule has 0 bridgehead atoms. The number of amides is 1. The van der Waals surface area contributed by atoms with Crippen molar-refractivity contribution < 1.29 is 9.53 Å². The van der Waals surface area contributed by atoms with Crippen molar-refractivity contribution in [3.8, 4) is 0 Å². The van der Waals surface area contributed by atoms with E-state index in [-0.39, 0.29) is 6.09 Å². The van der Waals surface area contributed by atoms with Crippen LogP contribution < -0.4 is 5.32 Å². The van der Waals surface area contributed by atoms with Crippen LogP contribution in [0.25, 0.3) is 0 Å². The van der Waals surface area contributed by atoms with Crippen LogP contribution in [0.5, 0.6) is 0 Å². The number of nitrogens with one attached hydrogen (secondary N) is 1. The molecule has 1 heterocycles. The van der Waals surface area contributed by atoms with Gasteiger partial charge in [0.15, 0.2) is 0 Å². The first-order valence-electron chi connectivity index (χ1n) is 7.44. The van der Waals surface area contributed by atoms with E-state index in [1.165, 1.54) is 0 Å². The Balaban J connectivity index is 2.46. The van der Waals surface area contributed by atoms with Crippen LogP contribution in [0.1, 0.15) is 41.5 Å². The van der Waals surface area contributed by atoms with Gasteiger partial charge in [-0.15, -0.1) is 0 Å². The molecular formula is C15H29N3O2. The molecule has 5 heteroatoms. The summed E-state index contributed by atoms with van der Waals surface area (Å²) in [5.74, 6) is 2.10. The highest BCUT2D eigenvalue weighted by atomic mass is 16.6. The average Bonchev–Trinajstić information content (AvgIpc) is 2.34. The van der Waals surface area contributed by atoms with Crippen LogP contribution in [0, 0.1) is 11.8 Å². The smallest absolute Gasteiger partial charge is 0.410 e. The van der Waals surface area contributed by atoms with E-state index in [0.717, 1.165) is 12.4 Å². The summed E-state index contributed by atoms with van der Waals surface area (Å²) in [6.07, 6.45) is -0.261. The summed E-state index contributed by atoms with van der Waals surface area (Å²) in [6, 6.07) is 0. The monoisotopic (exact) mass is 283 g/mol. The highest BCUT2D eigenvalue weighted by Crippen LogP contribution is 2.11. The minimum Gasteiger partial charge on any atom is -0.444 e. The van der Waals surface area contributed by atoms with Gasteiger partial charge in [-0.1, -0.05) is 20.8 Å². The number of carbonyl (C=O) groups excluding carboxylic acids is 1. The number of hydrogen-bond acceptors (Lipinski definition) is 4. The minimum atomic E-state index is -0.453. The Labute approximate surface area is 122 Å². The summed E-state index contributed by atoms with van der Waals surface area (Å²) < 4.78 is 5.39. The fourth-order valence-corrected chi connectivity index (χ4v) is 1.72. The summed E-state index contributed by atoms with van der Waals surface area (Å²) in [6.45, 7) is 14.9. The zero-order chi connectivity index (χ0) is 15.3. The van der Waals surface area contributed by atoms with E-state index < -0.39 is 5.60 Å². The van der Waals surface area contributed by atoms with Crippen molar-refractivity contribution in [2.24, 2.45) is 16.8 Å². The van der Waals surface area contributed by atoms with E-state index in [9.17, 15) is 4.79 Å². The molecular weight excluding hydrogens is 254 g/mol. The molecule has 0 aromatic heterocycles. The molecule has 20 heavy (non-hydrogen) atoms. The molecule has 116 valence electrons. The number of nitrogens with zero attached hydrogens (tertiary/aromatic N) is 2. The Morgan fingerprint density at radius 1 is 1.40 bits per heavy atom. The fraction of sp³-hybridized carbons (Fsp3) is 0.867. The molecule has 1 aliphatic rings. The maximum Gasteiger partial charge on any atom is 0.410 e. The van der Waals surface area contributed by atoms with Crippen molar-refractivity contribution >= 4 is 11.9 Å². The maximum atomic E-state index is 12.0. The van der Waals surface area contributed by atoms with Gasteiger partial charge >= 0.3 is 6.09 Å². The molecule has 0 radical (unpaired) electrons. The third-order valence-electron chi connectivity index (χ3n) is 3.43. The first-order chi connectivity index (χ1) is 9.19. The van der Waals surface area contributed by atoms with E-state index in [4.69, 9.17) is 4.74 Å². The predicted octanol–water partition coefficient (Wildman–Crippen LogP) is 2.52. The highest BCUT2D eigenvalue weighted by molar-refractivity contribution is 5.87. The maximum absolute atomic E-state index is 12.0. The molecule has 1 unspecified atom stereocenters. The second-order valence-corrected chi connectivity index (χ2v) is 6.83. The Morgan fingerprint density at radius 2 is 2.05 bits per heavy atom. The van der Waals surface area contributed by atoms with Gasteiger partial charge in [0.2, 0.25) is 0 Å². The lowest BCUT2D eigenvalue weighted by Crippen LogP contribution is -2.48. The van der Waals surface area contributed by atoms with Crippen LogP contribution in [-0.2, 0) is 4.74 Å². The quantitative estimate of drug-likeness (QED) is 0.866. The minimum absolute atomic E-state index is 0.261. The molecule has 0 saturated heterocycles. The molecule has 1 atom stereocenters. The van der Waals surface area contributed by atoms with Crippen molar-refractivity contribution in [3.05, 3.63) is 0 Å². The Kier molecular flexibility index (Phi) is 5.84. The third kappa shape index (κ3) is 5.80. The Morgan fingerprint density at radius 3 is 2.60 bits per heavy atom. The number of rotatable bonds is 3. The average molecular weight is 283 g/mol. The highest BCUT2D eigenvalue weighted by Gasteiger charge is 2.25. The lowest BCUT2D eigenvalue weighted by Gasteiger charge is -2.30. The van der Waals surface area contributed by atoms with Crippen LogP contribution >= 0.6 is 0 Å². The van der Waals surface area contributed by atoms with Gasteiger partial charge in [0.25, 0.3) is 0 Å². The normalized spacial score (nSPS) is 17.8. The zero-order valence-electron chi connectivity index (χ0n) is 13.7. The second-order valence-electron chi connectivity index (χ2n) is 6.83. The lowest BCUT2D eigenvalue weighted by atomic mass is 9.98. The SMILES string of the molecule is CC(C)C(C)CNC1=NCCN(C(=O)OC(C)(C)C)C1. The molecule has 0 fully saturated rings.